The second kappa shape index (κ2) is 10.5. The molecule has 0 fully saturated rings. The Morgan fingerprint density at radius 1 is 0.250 bits per heavy atom. The average Bonchev–Trinajstić information content (AvgIpc) is 3.04. The van der Waals surface area contributed by atoms with Gasteiger partial charge in [0.25, 0.3) is 0 Å². The number of fused-ring (bicyclic) bond motifs is 2. The van der Waals surface area contributed by atoms with E-state index in [1.54, 1.807) is 0 Å². The predicted octanol–water partition coefficient (Wildman–Crippen LogP) is 11.2. The second-order valence-corrected chi connectivity index (χ2v) is 10.2. The van der Waals surface area contributed by atoms with E-state index in [9.17, 15) is 0 Å². The Morgan fingerprint density at radius 3 is 1.05 bits per heavy atom. The van der Waals surface area contributed by atoms with Crippen molar-refractivity contribution in [1.29, 1.82) is 0 Å². The van der Waals surface area contributed by atoms with E-state index in [0.29, 0.717) is 0 Å². The highest BCUT2D eigenvalue weighted by Crippen LogP contribution is 2.43. The second-order valence-electron chi connectivity index (χ2n) is 10.2. The zero-order valence-electron chi connectivity index (χ0n) is 22.2. The third-order valence-corrected chi connectivity index (χ3v) is 7.68. The molecule has 0 aliphatic rings. The minimum absolute atomic E-state index is 1.19. The summed E-state index contributed by atoms with van der Waals surface area (Å²) in [6.45, 7) is 0. The van der Waals surface area contributed by atoms with Crippen molar-refractivity contribution in [3.05, 3.63) is 169 Å². The molecule has 0 aliphatic heterocycles. The standard InChI is InChI=1S/C40H28/c1-3-11-29(12-4-1)19-20-30-21-23-33(24-22-30)39-35-15-7-9-17-37(35)40(38-18-10-8-16-36(38)39)34-27-25-32(26-28-34)31-13-5-2-6-14-31/h1-28H. The molecule has 0 bridgehead atoms. The monoisotopic (exact) mass is 508 g/mol. The molecule has 7 rings (SSSR count). The molecule has 0 unspecified atom stereocenters. The molecule has 0 saturated heterocycles. The molecule has 0 N–H and O–H groups in total. The first-order chi connectivity index (χ1) is 19.8. The van der Waals surface area contributed by atoms with Crippen LogP contribution in [0.5, 0.6) is 0 Å². The zero-order valence-corrected chi connectivity index (χ0v) is 22.2. The molecule has 0 spiro atoms. The van der Waals surface area contributed by atoms with Crippen LogP contribution in [0, 0.1) is 0 Å². The van der Waals surface area contributed by atoms with Crippen molar-refractivity contribution in [2.24, 2.45) is 0 Å². The summed E-state index contributed by atoms with van der Waals surface area (Å²) in [4.78, 5) is 0. The molecule has 7 aromatic carbocycles. The van der Waals surface area contributed by atoms with Crippen LogP contribution in [0.15, 0.2) is 158 Å². The summed E-state index contributed by atoms with van der Waals surface area (Å²) in [7, 11) is 0. The molecule has 0 radical (unpaired) electrons. The number of hydrogen-bond acceptors (Lipinski definition) is 0. The Hall–Kier alpha value is -5.20. The SMILES string of the molecule is C(=Cc1ccc(-c2c3ccccc3c(-c3ccc(-c4ccccc4)cc3)c3ccccc23)cc1)c1ccccc1. The fourth-order valence-electron chi connectivity index (χ4n) is 5.73. The smallest absolute Gasteiger partial charge is 0.00264 e. The van der Waals surface area contributed by atoms with Gasteiger partial charge in [-0.2, -0.15) is 0 Å². The van der Waals surface area contributed by atoms with Gasteiger partial charge < -0.3 is 0 Å². The molecule has 0 amide bonds. The van der Waals surface area contributed by atoms with E-state index < -0.39 is 0 Å². The maximum atomic E-state index is 2.27. The van der Waals surface area contributed by atoms with Crippen molar-refractivity contribution < 1.29 is 0 Å². The third kappa shape index (κ3) is 4.51. The Kier molecular flexibility index (Phi) is 6.28. The van der Waals surface area contributed by atoms with Gasteiger partial charge >= 0.3 is 0 Å². The molecule has 0 atom stereocenters. The van der Waals surface area contributed by atoms with E-state index >= 15 is 0 Å². The largest absolute Gasteiger partial charge is 0.0622 e. The van der Waals surface area contributed by atoms with Crippen LogP contribution in [0.3, 0.4) is 0 Å². The van der Waals surface area contributed by atoms with Crippen molar-refractivity contribution in [2.75, 3.05) is 0 Å². The van der Waals surface area contributed by atoms with Gasteiger partial charge in [-0.1, -0.05) is 170 Å². The van der Waals surface area contributed by atoms with Crippen LogP contribution < -0.4 is 0 Å². The predicted molar refractivity (Wildman–Crippen MR) is 173 cm³/mol. The first kappa shape index (κ1) is 23.9. The van der Waals surface area contributed by atoms with Crippen LogP contribution >= 0.6 is 0 Å². The van der Waals surface area contributed by atoms with Gasteiger partial charge in [0.2, 0.25) is 0 Å². The summed E-state index contributed by atoms with van der Waals surface area (Å²) in [5.74, 6) is 0. The van der Waals surface area contributed by atoms with Gasteiger partial charge in [0, 0.05) is 0 Å². The van der Waals surface area contributed by atoms with Crippen LogP contribution in [-0.4, -0.2) is 0 Å². The van der Waals surface area contributed by atoms with Crippen LogP contribution in [-0.2, 0) is 0 Å². The van der Waals surface area contributed by atoms with E-state index in [1.807, 2.05) is 6.07 Å². The van der Waals surface area contributed by atoms with Crippen LogP contribution in [0.1, 0.15) is 11.1 Å². The lowest BCUT2D eigenvalue weighted by molar-refractivity contribution is 1.61. The highest BCUT2D eigenvalue weighted by Gasteiger charge is 2.16. The molecule has 40 heavy (non-hydrogen) atoms. The maximum Gasteiger partial charge on any atom is -0.00264 e. The molecule has 188 valence electrons. The zero-order chi connectivity index (χ0) is 26.7. The molecule has 7 aromatic rings. The summed E-state index contributed by atoms with van der Waals surface area (Å²) in [5.41, 5.74) is 9.91. The minimum atomic E-state index is 1.19. The Bertz CT molecular complexity index is 1890. The summed E-state index contributed by atoms with van der Waals surface area (Å²) in [6.07, 6.45) is 4.34. The van der Waals surface area contributed by atoms with E-state index in [4.69, 9.17) is 0 Å². The van der Waals surface area contributed by atoms with Crippen molar-refractivity contribution in [1.82, 2.24) is 0 Å². The number of rotatable bonds is 5. The molecular weight excluding hydrogens is 480 g/mol. The van der Waals surface area contributed by atoms with Crippen molar-refractivity contribution >= 4 is 33.7 Å². The molecule has 0 saturated carbocycles. The van der Waals surface area contributed by atoms with Gasteiger partial charge in [-0.15, -0.1) is 0 Å². The van der Waals surface area contributed by atoms with Crippen molar-refractivity contribution in [3.63, 3.8) is 0 Å². The molecule has 0 heterocycles. The fourth-order valence-corrected chi connectivity index (χ4v) is 5.73. The first-order valence-electron chi connectivity index (χ1n) is 13.8. The quantitative estimate of drug-likeness (QED) is 0.160. The topological polar surface area (TPSA) is 0 Å². The molecule has 0 aliphatic carbocycles. The number of hydrogen-bond donors (Lipinski definition) is 0. The first-order valence-corrected chi connectivity index (χ1v) is 13.8. The van der Waals surface area contributed by atoms with Gasteiger partial charge in [0.15, 0.2) is 0 Å². The lowest BCUT2D eigenvalue weighted by Gasteiger charge is -2.18. The average molecular weight is 509 g/mol. The number of benzene rings is 7. The summed E-state index contributed by atoms with van der Waals surface area (Å²) >= 11 is 0. The van der Waals surface area contributed by atoms with E-state index in [2.05, 4.69) is 164 Å². The minimum Gasteiger partial charge on any atom is -0.0622 e. The van der Waals surface area contributed by atoms with E-state index in [-0.39, 0.29) is 0 Å². The Balaban J connectivity index is 1.36. The third-order valence-electron chi connectivity index (χ3n) is 7.68. The van der Waals surface area contributed by atoms with Crippen LogP contribution in [0.4, 0.5) is 0 Å². The highest BCUT2D eigenvalue weighted by atomic mass is 14.2. The fraction of sp³-hybridized carbons (Fsp3) is 0. The van der Waals surface area contributed by atoms with E-state index in [0.717, 1.165) is 0 Å². The lowest BCUT2D eigenvalue weighted by atomic mass is 9.85. The van der Waals surface area contributed by atoms with Gasteiger partial charge in [-0.25, -0.2) is 0 Å². The highest BCUT2D eigenvalue weighted by molar-refractivity contribution is 6.21. The van der Waals surface area contributed by atoms with Crippen molar-refractivity contribution in [3.8, 4) is 33.4 Å². The van der Waals surface area contributed by atoms with Gasteiger partial charge in [0.1, 0.15) is 0 Å². The molecule has 0 heteroatoms. The van der Waals surface area contributed by atoms with Gasteiger partial charge in [0.05, 0.1) is 0 Å². The molecular formula is C40H28. The van der Waals surface area contributed by atoms with Gasteiger partial charge in [-0.05, 0) is 66.1 Å². The van der Waals surface area contributed by atoms with Crippen LogP contribution in [0.25, 0.3) is 67.1 Å². The summed E-state index contributed by atoms with van der Waals surface area (Å²) < 4.78 is 0. The Morgan fingerprint density at radius 2 is 0.575 bits per heavy atom. The molecule has 0 nitrogen and oxygen atoms in total. The lowest BCUT2D eigenvalue weighted by Crippen LogP contribution is -1.91. The summed E-state index contributed by atoms with van der Waals surface area (Å²) in [5, 5.41) is 5.10. The normalized spacial score (nSPS) is 11.4. The van der Waals surface area contributed by atoms with Crippen molar-refractivity contribution in [2.45, 2.75) is 0 Å². The Labute approximate surface area is 235 Å². The summed E-state index contributed by atoms with van der Waals surface area (Å²) in [6, 6.07) is 56.7. The van der Waals surface area contributed by atoms with Gasteiger partial charge in [-0.3, -0.25) is 0 Å². The van der Waals surface area contributed by atoms with E-state index in [1.165, 1.54) is 66.1 Å². The molecule has 0 aromatic heterocycles. The maximum absolute atomic E-state index is 2.27. The van der Waals surface area contributed by atoms with Crippen LogP contribution in [0.2, 0.25) is 0 Å².